The second kappa shape index (κ2) is 4.28. The number of hydrogen-bond acceptors (Lipinski definition) is 2. The van der Waals surface area contributed by atoms with Crippen LogP contribution in [0, 0.1) is 11.3 Å². The summed E-state index contributed by atoms with van der Waals surface area (Å²) in [5, 5.41) is 12.8. The number of rotatable bonds is 2. The summed E-state index contributed by atoms with van der Waals surface area (Å²) in [7, 11) is 0. The highest BCUT2D eigenvalue weighted by molar-refractivity contribution is 9.10. The lowest BCUT2D eigenvalue weighted by Crippen LogP contribution is -1.94. The first-order valence-electron chi connectivity index (χ1n) is 4.46. The molecule has 4 heteroatoms. The topological polar surface area (TPSA) is 41.6 Å². The van der Waals surface area contributed by atoms with Gasteiger partial charge in [-0.2, -0.15) is 10.4 Å². The van der Waals surface area contributed by atoms with E-state index >= 15 is 0 Å². The van der Waals surface area contributed by atoms with E-state index < -0.39 is 0 Å². The second-order valence-electron chi connectivity index (χ2n) is 3.08. The minimum Gasteiger partial charge on any atom is -0.240 e. The van der Waals surface area contributed by atoms with Gasteiger partial charge in [-0.15, -0.1) is 0 Å². The molecule has 0 spiro atoms. The lowest BCUT2D eigenvalue weighted by molar-refractivity contribution is 0.876. The number of benzene rings is 1. The van der Waals surface area contributed by atoms with Crippen molar-refractivity contribution in [1.82, 2.24) is 9.78 Å². The molecule has 1 aromatic heterocycles. The number of aromatic nitrogens is 2. The van der Waals surface area contributed by atoms with E-state index in [0.29, 0.717) is 6.42 Å². The molecule has 0 unspecified atom stereocenters. The van der Waals surface area contributed by atoms with Crippen molar-refractivity contribution >= 4 is 15.9 Å². The monoisotopic (exact) mass is 261 g/mol. The summed E-state index contributed by atoms with van der Waals surface area (Å²) in [6.07, 6.45) is 3.97. The molecule has 1 heterocycles. The van der Waals surface area contributed by atoms with Gasteiger partial charge in [0.05, 0.1) is 24.4 Å². The molecule has 0 N–H and O–H groups in total. The average Bonchev–Trinajstić information content (AvgIpc) is 2.68. The number of nitrogens with zero attached hydrogens (tertiary/aromatic N) is 3. The molecule has 0 aliphatic heterocycles. The molecule has 0 aliphatic carbocycles. The van der Waals surface area contributed by atoms with Gasteiger partial charge in [0, 0.05) is 16.2 Å². The van der Waals surface area contributed by atoms with Crippen LogP contribution in [-0.4, -0.2) is 9.78 Å². The summed E-state index contributed by atoms with van der Waals surface area (Å²) >= 11 is 3.46. The van der Waals surface area contributed by atoms with E-state index in [-0.39, 0.29) is 0 Å². The van der Waals surface area contributed by atoms with Crippen molar-refractivity contribution in [2.75, 3.05) is 0 Å². The Morgan fingerprint density at radius 3 is 2.93 bits per heavy atom. The Kier molecular flexibility index (Phi) is 2.84. The Hall–Kier alpha value is -1.60. The van der Waals surface area contributed by atoms with Gasteiger partial charge in [0.1, 0.15) is 0 Å². The van der Waals surface area contributed by atoms with Gasteiger partial charge in [0.25, 0.3) is 0 Å². The Balaban J connectivity index is 2.38. The maximum absolute atomic E-state index is 8.56. The second-order valence-corrected chi connectivity index (χ2v) is 3.93. The molecule has 0 bridgehead atoms. The normalized spacial score (nSPS) is 9.87. The number of halogens is 1. The number of hydrogen-bond donors (Lipinski definition) is 0. The van der Waals surface area contributed by atoms with Crippen LogP contribution in [0.2, 0.25) is 0 Å². The molecule has 0 saturated carbocycles. The molecular formula is C11H8BrN3. The summed E-state index contributed by atoms with van der Waals surface area (Å²) in [5.41, 5.74) is 1.90. The first-order valence-corrected chi connectivity index (χ1v) is 5.26. The van der Waals surface area contributed by atoms with Gasteiger partial charge >= 0.3 is 0 Å². The quantitative estimate of drug-likeness (QED) is 0.834. The maximum Gasteiger partial charge on any atom is 0.0787 e. The SMILES string of the molecule is N#CCc1cnn(-c2ccccc2Br)c1. The minimum absolute atomic E-state index is 0.393. The van der Waals surface area contributed by atoms with E-state index in [1.165, 1.54) is 0 Å². The van der Waals surface area contributed by atoms with Gasteiger partial charge in [-0.1, -0.05) is 12.1 Å². The van der Waals surface area contributed by atoms with Gasteiger partial charge in [-0.25, -0.2) is 4.68 Å². The largest absolute Gasteiger partial charge is 0.240 e. The van der Waals surface area contributed by atoms with Crippen LogP contribution < -0.4 is 0 Å². The van der Waals surface area contributed by atoms with Crippen LogP contribution >= 0.6 is 15.9 Å². The Labute approximate surface area is 96.1 Å². The minimum atomic E-state index is 0.393. The van der Waals surface area contributed by atoms with Crippen LogP contribution in [0.3, 0.4) is 0 Å². The molecular weight excluding hydrogens is 254 g/mol. The van der Waals surface area contributed by atoms with E-state index in [9.17, 15) is 0 Å². The van der Waals surface area contributed by atoms with E-state index in [1.54, 1.807) is 10.9 Å². The molecule has 2 rings (SSSR count). The predicted molar refractivity (Wildman–Crippen MR) is 60.6 cm³/mol. The van der Waals surface area contributed by atoms with Crippen molar-refractivity contribution in [3.05, 3.63) is 46.7 Å². The van der Waals surface area contributed by atoms with Gasteiger partial charge in [-0.05, 0) is 28.1 Å². The van der Waals surface area contributed by atoms with Crippen molar-refractivity contribution in [3.63, 3.8) is 0 Å². The zero-order chi connectivity index (χ0) is 10.7. The number of para-hydroxylation sites is 1. The average molecular weight is 262 g/mol. The van der Waals surface area contributed by atoms with Crippen LogP contribution in [0.1, 0.15) is 5.56 Å². The van der Waals surface area contributed by atoms with E-state index in [0.717, 1.165) is 15.7 Å². The van der Waals surface area contributed by atoms with Crippen molar-refractivity contribution in [3.8, 4) is 11.8 Å². The highest BCUT2D eigenvalue weighted by Crippen LogP contribution is 2.19. The van der Waals surface area contributed by atoms with Crippen LogP contribution in [0.25, 0.3) is 5.69 Å². The Morgan fingerprint density at radius 1 is 1.40 bits per heavy atom. The fourth-order valence-corrected chi connectivity index (χ4v) is 1.78. The molecule has 0 atom stereocenters. The molecule has 2 aromatic rings. The standard InChI is InChI=1S/C11H8BrN3/c12-10-3-1-2-4-11(10)15-8-9(5-6-13)7-14-15/h1-4,7-8H,5H2. The third-order valence-corrected chi connectivity index (χ3v) is 2.69. The van der Waals surface area contributed by atoms with Gasteiger partial charge in [-0.3, -0.25) is 0 Å². The first kappa shape index (κ1) is 9.94. The Morgan fingerprint density at radius 2 is 2.20 bits per heavy atom. The van der Waals surface area contributed by atoms with E-state index in [1.807, 2.05) is 30.5 Å². The molecule has 0 fully saturated rings. The molecule has 3 nitrogen and oxygen atoms in total. The molecule has 0 aliphatic rings. The maximum atomic E-state index is 8.56. The first-order chi connectivity index (χ1) is 7.31. The third kappa shape index (κ3) is 2.08. The Bertz CT molecular complexity index is 511. The van der Waals surface area contributed by atoms with Crippen molar-refractivity contribution in [1.29, 1.82) is 5.26 Å². The summed E-state index contributed by atoms with van der Waals surface area (Å²) in [5.74, 6) is 0. The summed E-state index contributed by atoms with van der Waals surface area (Å²) < 4.78 is 2.74. The fraction of sp³-hybridized carbons (Fsp3) is 0.0909. The molecule has 0 saturated heterocycles. The zero-order valence-corrected chi connectivity index (χ0v) is 9.48. The predicted octanol–water partition coefficient (Wildman–Crippen LogP) is 2.70. The van der Waals surface area contributed by atoms with Crippen molar-refractivity contribution in [2.24, 2.45) is 0 Å². The highest BCUT2D eigenvalue weighted by atomic mass is 79.9. The summed E-state index contributed by atoms with van der Waals surface area (Å²) in [6, 6.07) is 9.92. The van der Waals surface area contributed by atoms with Gasteiger partial charge in [0.15, 0.2) is 0 Å². The lowest BCUT2D eigenvalue weighted by Gasteiger charge is -2.02. The fourth-order valence-electron chi connectivity index (χ4n) is 1.31. The van der Waals surface area contributed by atoms with Crippen molar-refractivity contribution < 1.29 is 0 Å². The van der Waals surface area contributed by atoms with Crippen LogP contribution in [-0.2, 0) is 6.42 Å². The van der Waals surface area contributed by atoms with Crippen molar-refractivity contribution in [2.45, 2.75) is 6.42 Å². The van der Waals surface area contributed by atoms with Crippen LogP contribution in [0.5, 0.6) is 0 Å². The molecule has 0 amide bonds. The highest BCUT2D eigenvalue weighted by Gasteiger charge is 2.03. The molecule has 74 valence electrons. The molecule has 1 aromatic carbocycles. The zero-order valence-electron chi connectivity index (χ0n) is 7.89. The van der Waals surface area contributed by atoms with Gasteiger partial charge in [0.2, 0.25) is 0 Å². The third-order valence-electron chi connectivity index (χ3n) is 2.02. The summed E-state index contributed by atoms with van der Waals surface area (Å²) in [4.78, 5) is 0. The molecule has 15 heavy (non-hydrogen) atoms. The van der Waals surface area contributed by atoms with Crippen LogP contribution in [0.15, 0.2) is 41.1 Å². The van der Waals surface area contributed by atoms with E-state index in [4.69, 9.17) is 5.26 Å². The number of nitriles is 1. The lowest BCUT2D eigenvalue weighted by atomic mass is 10.3. The molecule has 0 radical (unpaired) electrons. The smallest absolute Gasteiger partial charge is 0.0787 e. The van der Waals surface area contributed by atoms with E-state index in [2.05, 4.69) is 27.1 Å². The van der Waals surface area contributed by atoms with Gasteiger partial charge < -0.3 is 0 Å². The van der Waals surface area contributed by atoms with Crippen LogP contribution in [0.4, 0.5) is 0 Å². The summed E-state index contributed by atoms with van der Waals surface area (Å²) in [6.45, 7) is 0.